The van der Waals surface area contributed by atoms with Crippen molar-refractivity contribution in [1.82, 2.24) is 14.5 Å². The monoisotopic (exact) mass is 306 g/mol. The highest BCUT2D eigenvalue weighted by Gasteiger charge is 2.30. The normalized spacial score (nSPS) is 16.4. The fraction of sp³-hybridized carbons (Fsp3) is 0.357. The molecule has 3 N–H and O–H groups in total. The molecule has 1 aromatic heterocycles. The SMILES string of the molecule is NCc1cn[nH]c1S(=O)(=O)N1CCCc2ccccc2C1. The summed E-state index contributed by atoms with van der Waals surface area (Å²) in [6, 6.07) is 7.98. The molecule has 1 aliphatic rings. The quantitative estimate of drug-likeness (QED) is 0.885. The molecular formula is C14H18N4O2S. The molecule has 0 radical (unpaired) electrons. The summed E-state index contributed by atoms with van der Waals surface area (Å²) >= 11 is 0. The van der Waals surface area contributed by atoms with Crippen LogP contribution < -0.4 is 5.73 Å². The third kappa shape index (κ3) is 2.59. The summed E-state index contributed by atoms with van der Waals surface area (Å²) in [4.78, 5) is 0. The zero-order valence-corrected chi connectivity index (χ0v) is 12.4. The average Bonchev–Trinajstić information content (AvgIpc) is 2.86. The second kappa shape index (κ2) is 5.59. The van der Waals surface area contributed by atoms with E-state index >= 15 is 0 Å². The predicted octanol–water partition coefficient (Wildman–Crippen LogP) is 1.01. The van der Waals surface area contributed by atoms with E-state index in [0.717, 1.165) is 18.4 Å². The largest absolute Gasteiger partial charge is 0.326 e. The molecule has 21 heavy (non-hydrogen) atoms. The van der Waals surface area contributed by atoms with Crippen LogP contribution in [0.1, 0.15) is 23.1 Å². The van der Waals surface area contributed by atoms with E-state index in [0.29, 0.717) is 18.7 Å². The van der Waals surface area contributed by atoms with Crippen molar-refractivity contribution >= 4 is 10.0 Å². The van der Waals surface area contributed by atoms with Crippen LogP contribution in [0.3, 0.4) is 0 Å². The Bertz CT molecular complexity index is 739. The zero-order valence-electron chi connectivity index (χ0n) is 11.6. The van der Waals surface area contributed by atoms with Crippen molar-refractivity contribution in [2.75, 3.05) is 6.54 Å². The number of benzene rings is 1. The van der Waals surface area contributed by atoms with Crippen LogP contribution in [0.15, 0.2) is 35.5 Å². The molecule has 2 aromatic rings. The van der Waals surface area contributed by atoms with E-state index in [1.165, 1.54) is 16.1 Å². The lowest BCUT2D eigenvalue weighted by atomic mass is 10.0. The molecule has 7 heteroatoms. The molecule has 0 fully saturated rings. The minimum Gasteiger partial charge on any atom is -0.326 e. The zero-order chi connectivity index (χ0) is 14.9. The Hall–Kier alpha value is -1.70. The molecular weight excluding hydrogens is 288 g/mol. The van der Waals surface area contributed by atoms with E-state index in [9.17, 15) is 8.42 Å². The highest BCUT2D eigenvalue weighted by Crippen LogP contribution is 2.24. The van der Waals surface area contributed by atoms with Gasteiger partial charge >= 0.3 is 0 Å². The van der Waals surface area contributed by atoms with Gasteiger partial charge in [0.25, 0.3) is 10.0 Å². The molecule has 0 amide bonds. The third-order valence-corrected chi connectivity index (χ3v) is 5.68. The van der Waals surface area contributed by atoms with Gasteiger partial charge in [-0.15, -0.1) is 0 Å². The number of hydrogen-bond donors (Lipinski definition) is 2. The Morgan fingerprint density at radius 2 is 2.05 bits per heavy atom. The summed E-state index contributed by atoms with van der Waals surface area (Å²) < 4.78 is 27.1. The Balaban J connectivity index is 1.97. The molecule has 0 saturated heterocycles. The minimum absolute atomic E-state index is 0.115. The molecule has 0 saturated carbocycles. The minimum atomic E-state index is -3.59. The number of fused-ring (bicyclic) bond motifs is 1. The molecule has 1 aromatic carbocycles. The molecule has 0 bridgehead atoms. The number of nitrogens with one attached hydrogen (secondary N) is 1. The van der Waals surface area contributed by atoms with E-state index in [1.54, 1.807) is 0 Å². The number of sulfonamides is 1. The van der Waals surface area contributed by atoms with Crippen molar-refractivity contribution in [3.8, 4) is 0 Å². The number of hydrogen-bond acceptors (Lipinski definition) is 4. The van der Waals surface area contributed by atoms with Gasteiger partial charge in [0.15, 0.2) is 5.03 Å². The first-order valence-corrected chi connectivity index (χ1v) is 8.36. The predicted molar refractivity (Wildman–Crippen MR) is 78.8 cm³/mol. The maximum atomic E-state index is 12.8. The first kappa shape index (κ1) is 14.2. The third-order valence-electron chi connectivity index (χ3n) is 3.81. The van der Waals surface area contributed by atoms with Crippen molar-refractivity contribution in [1.29, 1.82) is 0 Å². The second-order valence-electron chi connectivity index (χ2n) is 5.14. The van der Waals surface area contributed by atoms with Crippen LogP contribution in [0, 0.1) is 0 Å². The van der Waals surface area contributed by atoms with Crippen LogP contribution in [-0.2, 0) is 29.5 Å². The van der Waals surface area contributed by atoms with Gasteiger partial charge in [-0.1, -0.05) is 24.3 Å². The molecule has 112 valence electrons. The molecule has 6 nitrogen and oxygen atoms in total. The van der Waals surface area contributed by atoms with Crippen LogP contribution in [0.2, 0.25) is 0 Å². The van der Waals surface area contributed by atoms with Gasteiger partial charge in [0.05, 0.1) is 6.20 Å². The van der Waals surface area contributed by atoms with E-state index in [2.05, 4.69) is 16.3 Å². The van der Waals surface area contributed by atoms with Gasteiger partial charge in [0.1, 0.15) is 0 Å². The van der Waals surface area contributed by atoms with Gasteiger partial charge < -0.3 is 5.73 Å². The Labute approximate surface area is 124 Å². The first-order chi connectivity index (χ1) is 10.1. The maximum absolute atomic E-state index is 12.8. The van der Waals surface area contributed by atoms with E-state index < -0.39 is 10.0 Å². The van der Waals surface area contributed by atoms with Gasteiger partial charge in [-0.3, -0.25) is 5.10 Å². The summed E-state index contributed by atoms with van der Waals surface area (Å²) in [6.07, 6.45) is 3.18. The Morgan fingerprint density at radius 1 is 1.29 bits per heavy atom. The van der Waals surface area contributed by atoms with Gasteiger partial charge in [0.2, 0.25) is 0 Å². The van der Waals surface area contributed by atoms with Crippen molar-refractivity contribution < 1.29 is 8.42 Å². The lowest BCUT2D eigenvalue weighted by molar-refractivity contribution is 0.407. The molecule has 0 spiro atoms. The number of nitrogens with zero attached hydrogens (tertiary/aromatic N) is 2. The smallest absolute Gasteiger partial charge is 0.260 e. The summed E-state index contributed by atoms with van der Waals surface area (Å²) in [5.74, 6) is 0. The van der Waals surface area contributed by atoms with Crippen LogP contribution in [-0.4, -0.2) is 29.5 Å². The molecule has 0 atom stereocenters. The fourth-order valence-electron chi connectivity index (χ4n) is 2.67. The van der Waals surface area contributed by atoms with Crippen molar-refractivity contribution in [3.63, 3.8) is 0 Å². The number of H-pyrrole nitrogens is 1. The second-order valence-corrected chi connectivity index (χ2v) is 7.01. The summed E-state index contributed by atoms with van der Waals surface area (Å²) in [7, 11) is -3.59. The molecule has 3 rings (SSSR count). The van der Waals surface area contributed by atoms with Gasteiger partial charge in [-0.05, 0) is 24.0 Å². The fourth-order valence-corrected chi connectivity index (χ4v) is 4.24. The first-order valence-electron chi connectivity index (χ1n) is 6.92. The van der Waals surface area contributed by atoms with Gasteiger partial charge in [-0.25, -0.2) is 8.42 Å². The Kier molecular flexibility index (Phi) is 3.79. The molecule has 1 aliphatic heterocycles. The van der Waals surface area contributed by atoms with Gasteiger partial charge in [-0.2, -0.15) is 9.40 Å². The number of aromatic nitrogens is 2. The Morgan fingerprint density at radius 3 is 2.81 bits per heavy atom. The van der Waals surface area contributed by atoms with Crippen LogP contribution in [0.5, 0.6) is 0 Å². The maximum Gasteiger partial charge on any atom is 0.260 e. The van der Waals surface area contributed by atoms with E-state index in [1.807, 2.05) is 18.2 Å². The lowest BCUT2D eigenvalue weighted by Crippen LogP contribution is -2.32. The number of aromatic amines is 1. The standard InChI is InChI=1S/C14H18N4O2S/c15-8-13-9-16-17-14(13)21(19,20)18-7-3-6-11-4-1-2-5-12(11)10-18/h1-2,4-5,9H,3,6-8,10,15H2,(H,16,17). The summed E-state index contributed by atoms with van der Waals surface area (Å²) in [6.45, 7) is 1.04. The number of nitrogens with two attached hydrogens (primary N) is 1. The average molecular weight is 306 g/mol. The van der Waals surface area contributed by atoms with Crippen LogP contribution in [0.4, 0.5) is 0 Å². The lowest BCUT2D eigenvalue weighted by Gasteiger charge is -2.20. The van der Waals surface area contributed by atoms with Crippen molar-refractivity contribution in [3.05, 3.63) is 47.2 Å². The number of rotatable bonds is 3. The van der Waals surface area contributed by atoms with Crippen LogP contribution >= 0.6 is 0 Å². The highest BCUT2D eigenvalue weighted by atomic mass is 32.2. The number of aryl methyl sites for hydroxylation is 1. The molecule has 2 heterocycles. The summed E-state index contributed by atoms with van der Waals surface area (Å²) in [5.41, 5.74) is 8.39. The molecule has 0 unspecified atom stereocenters. The van der Waals surface area contributed by atoms with Crippen molar-refractivity contribution in [2.24, 2.45) is 5.73 Å². The van der Waals surface area contributed by atoms with Crippen LogP contribution in [0.25, 0.3) is 0 Å². The summed E-state index contributed by atoms with van der Waals surface area (Å²) in [5, 5.41) is 6.51. The van der Waals surface area contributed by atoms with Gasteiger partial charge in [0, 0.05) is 25.2 Å². The topological polar surface area (TPSA) is 92.1 Å². The highest BCUT2D eigenvalue weighted by molar-refractivity contribution is 7.89. The van der Waals surface area contributed by atoms with E-state index in [-0.39, 0.29) is 11.6 Å². The van der Waals surface area contributed by atoms with E-state index in [4.69, 9.17) is 5.73 Å². The molecule has 0 aliphatic carbocycles. The van der Waals surface area contributed by atoms with Crippen molar-refractivity contribution in [2.45, 2.75) is 31.0 Å².